The van der Waals surface area contributed by atoms with Gasteiger partial charge < -0.3 is 0 Å². The van der Waals surface area contributed by atoms with Crippen LogP contribution in [0.1, 0.15) is 17.3 Å². The number of nitrogens with zero attached hydrogens (tertiary/aromatic N) is 4. The lowest BCUT2D eigenvalue weighted by Gasteiger charge is -2.16. The highest BCUT2D eigenvalue weighted by Crippen LogP contribution is 2.32. The molecule has 0 fully saturated rings. The lowest BCUT2D eigenvalue weighted by molar-refractivity contribution is -0.118. The summed E-state index contributed by atoms with van der Waals surface area (Å²) in [7, 11) is 0. The van der Waals surface area contributed by atoms with Crippen LogP contribution in [0.2, 0.25) is 0 Å². The largest absolute Gasteiger partial charge is 0.300 e. The van der Waals surface area contributed by atoms with Crippen molar-refractivity contribution in [2.45, 2.75) is 17.2 Å². The van der Waals surface area contributed by atoms with Gasteiger partial charge in [0.1, 0.15) is 0 Å². The van der Waals surface area contributed by atoms with Gasteiger partial charge in [0.25, 0.3) is 5.91 Å². The van der Waals surface area contributed by atoms with Crippen molar-refractivity contribution >= 4 is 34.1 Å². The van der Waals surface area contributed by atoms with Crippen molar-refractivity contribution in [1.82, 2.24) is 14.8 Å². The van der Waals surface area contributed by atoms with E-state index < -0.39 is 6.04 Å². The standard InChI is InChI=1S/C17H15N5OS2/c1-12-16(24-11-8-18)25-17(20-12)21-15(23)14(22-10-5-9-19-22)13-6-3-2-4-7-13/h2-7,9-10,14H,11H2,1H3,(H,20,21,23)/t14-/m1/s1. The van der Waals surface area contributed by atoms with Gasteiger partial charge in [-0.2, -0.15) is 10.4 Å². The molecule has 3 rings (SSSR count). The number of thioether (sulfide) groups is 1. The molecule has 0 aliphatic carbocycles. The Labute approximate surface area is 153 Å². The molecule has 3 aromatic rings. The van der Waals surface area contributed by atoms with Crippen molar-refractivity contribution in [3.63, 3.8) is 0 Å². The fourth-order valence-corrected chi connectivity index (χ4v) is 4.14. The molecule has 126 valence electrons. The third kappa shape index (κ3) is 4.07. The molecule has 0 aliphatic rings. The number of hydrogen-bond donors (Lipinski definition) is 1. The molecule has 0 aliphatic heterocycles. The molecule has 1 atom stereocenters. The van der Waals surface area contributed by atoms with E-state index in [1.807, 2.05) is 37.3 Å². The van der Waals surface area contributed by atoms with Crippen molar-refractivity contribution in [2.75, 3.05) is 11.1 Å². The van der Waals surface area contributed by atoms with Crippen molar-refractivity contribution in [3.05, 3.63) is 60.0 Å². The molecule has 2 heterocycles. The first-order chi connectivity index (χ1) is 12.2. The van der Waals surface area contributed by atoms with Gasteiger partial charge >= 0.3 is 0 Å². The molecule has 0 saturated carbocycles. The van der Waals surface area contributed by atoms with E-state index in [9.17, 15) is 4.79 Å². The molecule has 1 aromatic carbocycles. The van der Waals surface area contributed by atoms with E-state index >= 15 is 0 Å². The van der Waals surface area contributed by atoms with Crippen LogP contribution in [-0.2, 0) is 4.79 Å². The molecule has 6 nitrogen and oxygen atoms in total. The minimum Gasteiger partial charge on any atom is -0.300 e. The van der Waals surface area contributed by atoms with Crippen LogP contribution in [0.25, 0.3) is 0 Å². The second-order valence-electron chi connectivity index (χ2n) is 5.13. The number of benzene rings is 1. The SMILES string of the molecule is Cc1nc(NC(=O)[C@@H](c2ccccc2)n2cccn2)sc1SCC#N. The van der Waals surface area contributed by atoms with Crippen LogP contribution in [-0.4, -0.2) is 26.4 Å². The Morgan fingerprint density at radius 1 is 1.40 bits per heavy atom. The highest BCUT2D eigenvalue weighted by molar-refractivity contribution is 8.01. The predicted molar refractivity (Wildman–Crippen MR) is 98.6 cm³/mol. The average Bonchev–Trinajstić information content (AvgIpc) is 3.24. The monoisotopic (exact) mass is 369 g/mol. The summed E-state index contributed by atoms with van der Waals surface area (Å²) < 4.78 is 2.56. The van der Waals surface area contributed by atoms with Gasteiger partial charge in [-0.15, -0.1) is 0 Å². The summed E-state index contributed by atoms with van der Waals surface area (Å²) in [6.07, 6.45) is 3.41. The zero-order valence-electron chi connectivity index (χ0n) is 13.4. The highest BCUT2D eigenvalue weighted by atomic mass is 32.2. The molecule has 0 radical (unpaired) electrons. The summed E-state index contributed by atoms with van der Waals surface area (Å²) in [4.78, 5) is 17.3. The third-order valence-corrected chi connectivity index (χ3v) is 5.71. The van der Waals surface area contributed by atoms with Crippen LogP contribution in [0.4, 0.5) is 5.13 Å². The normalized spacial score (nSPS) is 11.7. The van der Waals surface area contributed by atoms with Crippen LogP contribution in [0, 0.1) is 18.3 Å². The van der Waals surface area contributed by atoms with E-state index in [0.29, 0.717) is 10.9 Å². The molecule has 1 amide bonds. The van der Waals surface area contributed by atoms with Gasteiger partial charge in [0.2, 0.25) is 0 Å². The minimum absolute atomic E-state index is 0.208. The van der Waals surface area contributed by atoms with E-state index in [-0.39, 0.29) is 5.91 Å². The van der Waals surface area contributed by atoms with Crippen LogP contribution in [0.3, 0.4) is 0 Å². The molecule has 0 saturated heterocycles. The zero-order chi connectivity index (χ0) is 17.6. The number of thiazole rings is 1. The molecule has 0 bridgehead atoms. The number of nitriles is 1. The number of aryl methyl sites for hydroxylation is 1. The fourth-order valence-electron chi connectivity index (χ4n) is 2.33. The second-order valence-corrected chi connectivity index (χ2v) is 7.37. The first-order valence-corrected chi connectivity index (χ1v) is 9.31. The second kappa shape index (κ2) is 7.96. The molecular formula is C17H15N5OS2. The fraction of sp³-hybridized carbons (Fsp3) is 0.176. The first kappa shape index (κ1) is 17.2. The maximum Gasteiger partial charge on any atom is 0.255 e. The smallest absolute Gasteiger partial charge is 0.255 e. The molecular weight excluding hydrogens is 354 g/mol. The van der Waals surface area contributed by atoms with Gasteiger partial charge in [0, 0.05) is 12.4 Å². The summed E-state index contributed by atoms with van der Waals surface area (Å²) in [5.74, 6) is 0.150. The number of hydrogen-bond acceptors (Lipinski definition) is 6. The Morgan fingerprint density at radius 2 is 2.20 bits per heavy atom. The summed E-state index contributed by atoms with van der Waals surface area (Å²) >= 11 is 2.80. The van der Waals surface area contributed by atoms with Crippen LogP contribution >= 0.6 is 23.1 Å². The minimum atomic E-state index is -0.574. The van der Waals surface area contributed by atoms with E-state index in [2.05, 4.69) is 21.5 Å². The van der Waals surface area contributed by atoms with Crippen molar-refractivity contribution in [3.8, 4) is 6.07 Å². The van der Waals surface area contributed by atoms with Crippen LogP contribution < -0.4 is 5.32 Å². The maximum atomic E-state index is 12.9. The van der Waals surface area contributed by atoms with Gasteiger partial charge in [-0.1, -0.05) is 53.4 Å². The van der Waals surface area contributed by atoms with Crippen molar-refractivity contribution in [1.29, 1.82) is 5.26 Å². The number of anilines is 1. The predicted octanol–water partition coefficient (Wildman–Crippen LogP) is 3.49. The molecule has 2 aromatic heterocycles. The van der Waals surface area contributed by atoms with Crippen LogP contribution in [0.5, 0.6) is 0 Å². The Balaban J connectivity index is 1.83. The average molecular weight is 369 g/mol. The lowest BCUT2D eigenvalue weighted by atomic mass is 10.1. The van der Waals surface area contributed by atoms with Crippen LogP contribution in [0.15, 0.2) is 53.0 Å². The van der Waals surface area contributed by atoms with Gasteiger partial charge in [-0.3, -0.25) is 14.8 Å². The number of nitrogens with one attached hydrogen (secondary N) is 1. The van der Waals surface area contributed by atoms with Gasteiger partial charge in [0.05, 0.1) is 21.7 Å². The Kier molecular flexibility index (Phi) is 5.48. The summed E-state index contributed by atoms with van der Waals surface area (Å²) in [6, 6.07) is 12.8. The quantitative estimate of drug-likeness (QED) is 0.673. The zero-order valence-corrected chi connectivity index (χ0v) is 15.0. The van der Waals surface area contributed by atoms with Gasteiger partial charge in [-0.25, -0.2) is 4.98 Å². The Morgan fingerprint density at radius 3 is 2.88 bits per heavy atom. The van der Waals surface area contributed by atoms with Crippen molar-refractivity contribution in [2.24, 2.45) is 0 Å². The summed E-state index contributed by atoms with van der Waals surface area (Å²) in [5.41, 5.74) is 1.66. The van der Waals surface area contributed by atoms with E-state index in [4.69, 9.17) is 5.26 Å². The van der Waals surface area contributed by atoms with Gasteiger partial charge in [-0.05, 0) is 18.6 Å². The number of carbonyl (C=O) groups is 1. The summed E-state index contributed by atoms with van der Waals surface area (Å²) in [5, 5.41) is 16.3. The van der Waals surface area contributed by atoms with Crippen molar-refractivity contribution < 1.29 is 4.79 Å². The Bertz CT molecular complexity index is 884. The van der Waals surface area contributed by atoms with E-state index in [1.54, 1.807) is 23.1 Å². The molecule has 0 unspecified atom stereocenters. The maximum absolute atomic E-state index is 12.9. The number of amides is 1. The molecule has 25 heavy (non-hydrogen) atoms. The Hall–Kier alpha value is -2.63. The number of aromatic nitrogens is 3. The van der Waals surface area contributed by atoms with Gasteiger partial charge in [0.15, 0.2) is 11.2 Å². The van der Waals surface area contributed by atoms with E-state index in [1.165, 1.54) is 23.1 Å². The summed E-state index contributed by atoms with van der Waals surface area (Å²) in [6.45, 7) is 1.87. The molecule has 1 N–H and O–H groups in total. The number of rotatable bonds is 6. The highest BCUT2D eigenvalue weighted by Gasteiger charge is 2.24. The third-order valence-electron chi connectivity index (χ3n) is 3.41. The topological polar surface area (TPSA) is 83.6 Å². The number of carbonyl (C=O) groups excluding carboxylic acids is 1. The lowest BCUT2D eigenvalue weighted by Crippen LogP contribution is -2.27. The first-order valence-electron chi connectivity index (χ1n) is 7.51. The molecule has 8 heteroatoms. The molecule has 0 spiro atoms. The van der Waals surface area contributed by atoms with E-state index in [0.717, 1.165) is 15.5 Å².